The second-order valence-corrected chi connectivity index (χ2v) is 9.61. The Labute approximate surface area is 172 Å². The highest BCUT2D eigenvalue weighted by atomic mass is 79.9. The van der Waals surface area contributed by atoms with Crippen LogP contribution in [0.25, 0.3) is 5.57 Å². The highest BCUT2D eigenvalue weighted by molar-refractivity contribution is 9.10. The number of thiazole rings is 1. The number of fused-ring (bicyclic) bond motifs is 1. The Hall–Kier alpha value is -2.56. The van der Waals surface area contributed by atoms with Crippen molar-refractivity contribution >= 4 is 53.9 Å². The topological polar surface area (TPSA) is 109 Å². The van der Waals surface area contributed by atoms with E-state index < -0.39 is 21.8 Å². The molecule has 4 rings (SSSR count). The molecule has 28 heavy (non-hydrogen) atoms. The van der Waals surface area contributed by atoms with Gasteiger partial charge in [0.05, 0.1) is 16.7 Å². The lowest BCUT2D eigenvalue weighted by Crippen LogP contribution is -2.22. The highest BCUT2D eigenvalue weighted by Crippen LogP contribution is 2.34. The van der Waals surface area contributed by atoms with Gasteiger partial charge in [-0.05, 0) is 23.8 Å². The van der Waals surface area contributed by atoms with Gasteiger partial charge in [-0.3, -0.25) is 9.52 Å². The van der Waals surface area contributed by atoms with Crippen molar-refractivity contribution in [2.45, 2.75) is 5.75 Å². The lowest BCUT2D eigenvalue weighted by atomic mass is 10.1. The molecule has 1 amide bonds. The molecule has 0 radical (unpaired) electrons. The third kappa shape index (κ3) is 3.71. The van der Waals surface area contributed by atoms with Crippen LogP contribution in [-0.4, -0.2) is 24.4 Å². The van der Waals surface area contributed by atoms with E-state index in [4.69, 9.17) is 0 Å². The van der Waals surface area contributed by atoms with E-state index in [0.29, 0.717) is 16.1 Å². The zero-order valence-electron chi connectivity index (χ0n) is 14.1. The first-order chi connectivity index (χ1) is 13.3. The van der Waals surface area contributed by atoms with Crippen molar-refractivity contribution in [2.75, 3.05) is 4.72 Å². The summed E-state index contributed by atoms with van der Waals surface area (Å²) in [5, 5.41) is 11.2. The summed E-state index contributed by atoms with van der Waals surface area (Å²) in [7, 11) is -3.73. The number of nitrogens with zero attached hydrogens (tertiary/aromatic N) is 2. The molecule has 0 bridgehead atoms. The number of benzene rings is 2. The van der Waals surface area contributed by atoms with Gasteiger partial charge in [0, 0.05) is 9.69 Å². The predicted molar refractivity (Wildman–Crippen MR) is 109 cm³/mol. The molecule has 3 aromatic rings. The maximum atomic E-state index is 12.4. The molecule has 1 aromatic heterocycles. The summed E-state index contributed by atoms with van der Waals surface area (Å²) in [5.41, 5.74) is 0.814. The van der Waals surface area contributed by atoms with Crippen molar-refractivity contribution in [1.29, 1.82) is 0 Å². The van der Waals surface area contributed by atoms with E-state index in [1.807, 2.05) is 0 Å². The summed E-state index contributed by atoms with van der Waals surface area (Å²) in [4.78, 5) is 20.3. The summed E-state index contributed by atoms with van der Waals surface area (Å²) >= 11 is 4.23. The van der Waals surface area contributed by atoms with Crippen LogP contribution in [-0.2, 0) is 20.6 Å². The zero-order chi connectivity index (χ0) is 19.9. The molecule has 2 aromatic carbocycles. The molecule has 0 aliphatic carbocycles. The molecule has 0 saturated carbocycles. The van der Waals surface area contributed by atoms with E-state index in [1.165, 1.54) is 0 Å². The van der Waals surface area contributed by atoms with Gasteiger partial charge in [0.1, 0.15) is 4.88 Å². The number of amides is 1. The molecule has 10 heteroatoms. The Balaban J connectivity index is 1.69. The van der Waals surface area contributed by atoms with E-state index in [2.05, 4.69) is 30.6 Å². The average Bonchev–Trinajstić information content (AvgIpc) is 3.12. The summed E-state index contributed by atoms with van der Waals surface area (Å²) in [6.07, 6.45) is 0. The Kier molecular flexibility index (Phi) is 4.77. The lowest BCUT2D eigenvalue weighted by molar-refractivity contribution is -0.112. The van der Waals surface area contributed by atoms with Crippen molar-refractivity contribution in [1.82, 2.24) is 4.98 Å². The zero-order valence-corrected chi connectivity index (χ0v) is 17.3. The van der Waals surface area contributed by atoms with Crippen molar-refractivity contribution in [2.24, 2.45) is 4.99 Å². The third-order valence-electron chi connectivity index (χ3n) is 3.94. The number of carbonyl (C=O) groups is 1. The summed E-state index contributed by atoms with van der Waals surface area (Å²) < 4.78 is 27.9. The van der Waals surface area contributed by atoms with Gasteiger partial charge in [0.2, 0.25) is 21.0 Å². The van der Waals surface area contributed by atoms with Crippen LogP contribution in [0.15, 0.2) is 58.0 Å². The van der Waals surface area contributed by atoms with Crippen LogP contribution >= 0.6 is 27.3 Å². The normalized spacial score (nSPS) is 13.3. The van der Waals surface area contributed by atoms with Crippen LogP contribution in [0.5, 0.6) is 5.88 Å². The van der Waals surface area contributed by atoms with E-state index in [1.54, 1.807) is 48.5 Å². The number of sulfonamides is 1. The first-order valence-electron chi connectivity index (χ1n) is 8.00. The first kappa shape index (κ1) is 18.8. The third-order valence-corrected chi connectivity index (χ3v) is 6.76. The number of hydrogen-bond donors (Lipinski definition) is 2. The van der Waals surface area contributed by atoms with Crippen molar-refractivity contribution in [3.63, 3.8) is 0 Å². The van der Waals surface area contributed by atoms with Crippen LogP contribution in [0, 0.1) is 0 Å². The molecule has 2 heterocycles. The van der Waals surface area contributed by atoms with E-state index in [9.17, 15) is 18.3 Å². The van der Waals surface area contributed by atoms with Crippen LogP contribution in [0.3, 0.4) is 0 Å². The number of aromatic nitrogens is 1. The minimum Gasteiger partial charge on any atom is -0.492 e. The van der Waals surface area contributed by atoms with Crippen LogP contribution in [0.4, 0.5) is 5.13 Å². The van der Waals surface area contributed by atoms with Gasteiger partial charge in [-0.25, -0.2) is 13.4 Å². The summed E-state index contributed by atoms with van der Waals surface area (Å²) in [6.45, 7) is 0. The molecule has 0 spiro atoms. The molecule has 0 atom stereocenters. The maximum Gasteiger partial charge on any atom is 0.279 e. The lowest BCUT2D eigenvalue weighted by Gasteiger charge is -2.04. The van der Waals surface area contributed by atoms with Gasteiger partial charge in [-0.2, -0.15) is 4.98 Å². The molecule has 1 aliphatic rings. The quantitative estimate of drug-likeness (QED) is 0.583. The molecule has 0 saturated heterocycles. The number of aromatic hydroxyl groups is 1. The SMILES string of the molecule is O=C1N=c2ccc(Br)cc2=C1c1sc(NS(=O)(=O)Cc2ccccc2)nc1O. The van der Waals surface area contributed by atoms with Crippen LogP contribution in [0.1, 0.15) is 10.4 Å². The van der Waals surface area contributed by atoms with E-state index in [0.717, 1.165) is 15.8 Å². The molecule has 0 unspecified atom stereocenters. The predicted octanol–water partition coefficient (Wildman–Crippen LogP) is 1.91. The molecule has 1 aliphatic heterocycles. The number of rotatable bonds is 5. The molecular weight excluding hydrogens is 466 g/mol. The Morgan fingerprint density at radius 2 is 1.89 bits per heavy atom. The Morgan fingerprint density at radius 3 is 2.64 bits per heavy atom. The molecule has 142 valence electrons. The van der Waals surface area contributed by atoms with Crippen molar-refractivity contribution in [3.05, 3.63) is 74.0 Å². The van der Waals surface area contributed by atoms with Crippen molar-refractivity contribution in [3.8, 4) is 5.88 Å². The summed E-state index contributed by atoms with van der Waals surface area (Å²) in [5.74, 6) is -1.16. The highest BCUT2D eigenvalue weighted by Gasteiger charge is 2.26. The number of halogens is 1. The number of hydrogen-bond acceptors (Lipinski definition) is 6. The van der Waals surface area contributed by atoms with Gasteiger partial charge in [0.15, 0.2) is 0 Å². The summed E-state index contributed by atoms with van der Waals surface area (Å²) in [6, 6.07) is 13.9. The Bertz CT molecular complexity index is 1320. The van der Waals surface area contributed by atoms with Gasteiger partial charge in [0.25, 0.3) is 5.91 Å². The van der Waals surface area contributed by atoms with Crippen LogP contribution < -0.4 is 15.3 Å². The van der Waals surface area contributed by atoms with E-state index in [-0.39, 0.29) is 21.3 Å². The van der Waals surface area contributed by atoms with Crippen molar-refractivity contribution < 1.29 is 18.3 Å². The first-order valence-corrected chi connectivity index (χ1v) is 11.3. The van der Waals surface area contributed by atoms with Crippen LogP contribution in [0.2, 0.25) is 0 Å². The van der Waals surface area contributed by atoms with Gasteiger partial charge in [-0.15, -0.1) is 0 Å². The molecule has 0 fully saturated rings. The second kappa shape index (κ2) is 7.12. The monoisotopic (exact) mass is 477 g/mol. The number of carbonyl (C=O) groups excluding carboxylic acids is 1. The molecular formula is C18H12BrN3O4S2. The fourth-order valence-electron chi connectivity index (χ4n) is 2.79. The smallest absolute Gasteiger partial charge is 0.279 e. The maximum absolute atomic E-state index is 12.4. The standard InChI is InChI=1S/C18H12BrN3O4S2/c19-11-6-7-13-12(8-11)14(16(23)20-13)15-17(24)21-18(27-15)22-28(25,26)9-10-4-2-1-3-5-10/h1-8,24H,9H2,(H,21,22). The Morgan fingerprint density at radius 1 is 1.14 bits per heavy atom. The van der Waals surface area contributed by atoms with Gasteiger partial charge < -0.3 is 5.11 Å². The number of anilines is 1. The average molecular weight is 478 g/mol. The largest absolute Gasteiger partial charge is 0.492 e. The van der Waals surface area contributed by atoms with E-state index >= 15 is 0 Å². The minimum absolute atomic E-state index is 0.0211. The second-order valence-electron chi connectivity index (χ2n) is 5.97. The van der Waals surface area contributed by atoms with Gasteiger partial charge >= 0.3 is 0 Å². The number of nitrogens with one attached hydrogen (secondary N) is 1. The molecule has 7 nitrogen and oxygen atoms in total. The minimum atomic E-state index is -3.73. The fourth-order valence-corrected chi connectivity index (χ4v) is 5.47. The molecule has 2 N–H and O–H groups in total. The fraction of sp³-hybridized carbons (Fsp3) is 0.0556. The van der Waals surface area contributed by atoms with Gasteiger partial charge in [-0.1, -0.05) is 57.6 Å².